The lowest BCUT2D eigenvalue weighted by atomic mass is 10.0. The van der Waals surface area contributed by atoms with Crippen molar-refractivity contribution >= 4 is 0 Å². The highest BCUT2D eigenvalue weighted by atomic mass is 16.5. The maximum absolute atomic E-state index is 5.90. The van der Waals surface area contributed by atoms with Crippen LogP contribution in [0.25, 0.3) is 0 Å². The Balaban J connectivity index is 2.23. The molecule has 0 aliphatic heterocycles. The van der Waals surface area contributed by atoms with Gasteiger partial charge < -0.3 is 10.1 Å². The van der Waals surface area contributed by atoms with Gasteiger partial charge in [-0.05, 0) is 49.2 Å². The second-order valence-corrected chi connectivity index (χ2v) is 5.31. The maximum Gasteiger partial charge on any atom is 0.219 e. The van der Waals surface area contributed by atoms with Crippen LogP contribution in [0.3, 0.4) is 0 Å². The molecule has 3 heteroatoms. The van der Waals surface area contributed by atoms with Crippen LogP contribution in [0.15, 0.2) is 36.4 Å². The van der Waals surface area contributed by atoms with Crippen molar-refractivity contribution < 1.29 is 4.74 Å². The van der Waals surface area contributed by atoms with E-state index in [1.54, 1.807) is 0 Å². The van der Waals surface area contributed by atoms with E-state index < -0.39 is 0 Å². The molecule has 1 N–H and O–H groups in total. The van der Waals surface area contributed by atoms with Crippen LogP contribution in [-0.4, -0.2) is 12.0 Å². The van der Waals surface area contributed by atoms with E-state index in [1.807, 2.05) is 32.2 Å². The molecule has 0 spiro atoms. The Morgan fingerprint density at radius 3 is 2.70 bits per heavy atom. The lowest BCUT2D eigenvalue weighted by Crippen LogP contribution is -2.06. The van der Waals surface area contributed by atoms with Crippen LogP contribution in [0.5, 0.6) is 11.6 Å². The second kappa shape index (κ2) is 6.53. The molecule has 0 aliphatic rings. The predicted octanol–water partition coefficient (Wildman–Crippen LogP) is 4.03. The van der Waals surface area contributed by atoms with Crippen LogP contribution in [0, 0.1) is 6.92 Å². The lowest BCUT2D eigenvalue weighted by Gasteiger charge is -2.10. The van der Waals surface area contributed by atoms with Gasteiger partial charge in [0.1, 0.15) is 5.75 Å². The molecule has 0 amide bonds. The molecule has 106 valence electrons. The number of aryl methyl sites for hydroxylation is 1. The van der Waals surface area contributed by atoms with Gasteiger partial charge in [0.15, 0.2) is 0 Å². The van der Waals surface area contributed by atoms with Crippen LogP contribution in [-0.2, 0) is 6.54 Å². The van der Waals surface area contributed by atoms with Gasteiger partial charge in [-0.3, -0.25) is 0 Å². The number of pyridine rings is 1. The van der Waals surface area contributed by atoms with E-state index in [0.29, 0.717) is 11.8 Å². The van der Waals surface area contributed by atoms with Crippen LogP contribution in [0.1, 0.15) is 36.6 Å². The minimum absolute atomic E-state index is 0.490. The first kappa shape index (κ1) is 14.5. The molecule has 0 aliphatic carbocycles. The van der Waals surface area contributed by atoms with Gasteiger partial charge in [0, 0.05) is 18.3 Å². The summed E-state index contributed by atoms with van der Waals surface area (Å²) in [6, 6.07) is 12.2. The van der Waals surface area contributed by atoms with Crippen LogP contribution in [0.2, 0.25) is 0 Å². The molecule has 0 saturated carbocycles. The Hall–Kier alpha value is -1.87. The lowest BCUT2D eigenvalue weighted by molar-refractivity contribution is 0.459. The monoisotopic (exact) mass is 270 g/mol. The summed E-state index contributed by atoms with van der Waals surface area (Å²) in [5.41, 5.74) is 3.41. The number of hydrogen-bond acceptors (Lipinski definition) is 3. The largest absolute Gasteiger partial charge is 0.439 e. The number of aromatic nitrogens is 1. The van der Waals surface area contributed by atoms with Crippen molar-refractivity contribution in [2.45, 2.75) is 33.2 Å². The normalized spacial score (nSPS) is 10.8. The summed E-state index contributed by atoms with van der Waals surface area (Å²) in [6.45, 7) is 7.15. The summed E-state index contributed by atoms with van der Waals surface area (Å²) < 4.78 is 5.90. The molecular formula is C17H22N2O. The average molecular weight is 270 g/mol. The number of ether oxygens (including phenoxy) is 1. The van der Waals surface area contributed by atoms with Crippen molar-refractivity contribution in [3.8, 4) is 11.6 Å². The Morgan fingerprint density at radius 2 is 2.00 bits per heavy atom. The SMILES string of the molecule is CNCc1cc(C)nc(Oc2cccc(C(C)C)c2)c1. The number of rotatable bonds is 5. The summed E-state index contributed by atoms with van der Waals surface area (Å²) in [5, 5.41) is 3.14. The highest BCUT2D eigenvalue weighted by Crippen LogP contribution is 2.25. The van der Waals surface area contributed by atoms with E-state index >= 15 is 0 Å². The number of hydrogen-bond donors (Lipinski definition) is 1. The molecule has 1 aromatic heterocycles. The van der Waals surface area contributed by atoms with Crippen molar-refractivity contribution in [2.24, 2.45) is 0 Å². The van der Waals surface area contributed by atoms with Crippen LogP contribution >= 0.6 is 0 Å². The summed E-state index contributed by atoms with van der Waals surface area (Å²) in [6.07, 6.45) is 0. The van der Waals surface area contributed by atoms with Gasteiger partial charge in [0.05, 0.1) is 0 Å². The zero-order valence-corrected chi connectivity index (χ0v) is 12.6. The van der Waals surface area contributed by atoms with Gasteiger partial charge in [-0.15, -0.1) is 0 Å². The van der Waals surface area contributed by atoms with Crippen molar-refractivity contribution in [2.75, 3.05) is 7.05 Å². The standard InChI is InChI=1S/C17H22N2O/c1-12(2)15-6-5-7-16(10-15)20-17-9-14(11-18-4)8-13(3)19-17/h5-10,12,18H,11H2,1-4H3. The third-order valence-corrected chi connectivity index (χ3v) is 3.12. The molecule has 0 atom stereocenters. The van der Waals surface area contributed by atoms with Crippen LogP contribution in [0.4, 0.5) is 0 Å². The number of nitrogens with one attached hydrogen (secondary N) is 1. The van der Waals surface area contributed by atoms with Gasteiger partial charge in [-0.1, -0.05) is 26.0 Å². The van der Waals surface area contributed by atoms with Gasteiger partial charge in [0.2, 0.25) is 5.88 Å². The fraction of sp³-hybridized carbons (Fsp3) is 0.353. The zero-order valence-electron chi connectivity index (χ0n) is 12.6. The molecule has 3 nitrogen and oxygen atoms in total. The van der Waals surface area contributed by atoms with E-state index in [9.17, 15) is 0 Å². The quantitative estimate of drug-likeness (QED) is 0.891. The van der Waals surface area contributed by atoms with Crippen molar-refractivity contribution in [1.29, 1.82) is 0 Å². The third kappa shape index (κ3) is 3.81. The molecule has 1 heterocycles. The Kier molecular flexibility index (Phi) is 4.74. The molecule has 1 aromatic carbocycles. The topological polar surface area (TPSA) is 34.2 Å². The molecule has 0 bridgehead atoms. The molecule has 0 fully saturated rings. The Bertz CT molecular complexity index is 579. The fourth-order valence-corrected chi connectivity index (χ4v) is 2.12. The molecular weight excluding hydrogens is 248 g/mol. The summed E-state index contributed by atoms with van der Waals surface area (Å²) in [5.74, 6) is 1.98. The average Bonchev–Trinajstić information content (AvgIpc) is 2.38. The predicted molar refractivity (Wildman–Crippen MR) is 82.3 cm³/mol. The van der Waals surface area contributed by atoms with Gasteiger partial charge in [0.25, 0.3) is 0 Å². The van der Waals surface area contributed by atoms with E-state index in [4.69, 9.17) is 4.74 Å². The molecule has 2 rings (SSSR count). The minimum Gasteiger partial charge on any atom is -0.439 e. The zero-order chi connectivity index (χ0) is 14.5. The molecule has 0 radical (unpaired) electrons. The number of benzene rings is 1. The minimum atomic E-state index is 0.490. The van der Waals surface area contributed by atoms with Gasteiger partial charge in [-0.2, -0.15) is 0 Å². The Morgan fingerprint density at radius 1 is 1.20 bits per heavy atom. The van der Waals surface area contributed by atoms with E-state index in [0.717, 1.165) is 18.0 Å². The van der Waals surface area contributed by atoms with Gasteiger partial charge in [-0.25, -0.2) is 4.98 Å². The number of nitrogens with zero attached hydrogens (tertiary/aromatic N) is 1. The van der Waals surface area contributed by atoms with Crippen molar-refractivity contribution in [3.63, 3.8) is 0 Å². The summed E-state index contributed by atoms with van der Waals surface area (Å²) in [7, 11) is 1.93. The van der Waals surface area contributed by atoms with E-state index in [1.165, 1.54) is 11.1 Å². The summed E-state index contributed by atoms with van der Waals surface area (Å²) in [4.78, 5) is 4.44. The van der Waals surface area contributed by atoms with Crippen molar-refractivity contribution in [3.05, 3.63) is 53.2 Å². The van der Waals surface area contributed by atoms with Crippen LogP contribution < -0.4 is 10.1 Å². The maximum atomic E-state index is 5.90. The smallest absolute Gasteiger partial charge is 0.219 e. The highest BCUT2D eigenvalue weighted by molar-refractivity contribution is 5.34. The highest BCUT2D eigenvalue weighted by Gasteiger charge is 2.05. The first-order valence-electron chi connectivity index (χ1n) is 6.98. The first-order chi connectivity index (χ1) is 9.58. The van der Waals surface area contributed by atoms with Crippen molar-refractivity contribution in [1.82, 2.24) is 10.3 Å². The summed E-state index contributed by atoms with van der Waals surface area (Å²) >= 11 is 0. The second-order valence-electron chi connectivity index (χ2n) is 5.31. The molecule has 20 heavy (non-hydrogen) atoms. The third-order valence-electron chi connectivity index (χ3n) is 3.12. The molecule has 2 aromatic rings. The molecule has 0 unspecified atom stereocenters. The Labute approximate surface area is 121 Å². The first-order valence-corrected chi connectivity index (χ1v) is 6.98. The molecule has 0 saturated heterocycles. The fourth-order valence-electron chi connectivity index (χ4n) is 2.12. The van der Waals surface area contributed by atoms with E-state index in [-0.39, 0.29) is 0 Å². The van der Waals surface area contributed by atoms with E-state index in [2.05, 4.69) is 42.3 Å². The van der Waals surface area contributed by atoms with Gasteiger partial charge >= 0.3 is 0 Å².